The van der Waals surface area contributed by atoms with Gasteiger partial charge in [-0.05, 0) is 24.3 Å². The maximum Gasteiger partial charge on any atom is 0.00452 e. The van der Waals surface area contributed by atoms with E-state index in [0.717, 1.165) is 0 Å². The van der Waals surface area contributed by atoms with Crippen molar-refractivity contribution in [2.75, 3.05) is 0 Å². The first-order valence-electron chi connectivity index (χ1n) is 9.46. The zero-order valence-electron chi connectivity index (χ0n) is 14.2. The molecule has 0 aliphatic rings. The number of thiophene rings is 1. The van der Waals surface area contributed by atoms with Crippen molar-refractivity contribution in [3.63, 3.8) is 0 Å². The van der Waals surface area contributed by atoms with Crippen molar-refractivity contribution in [2.45, 2.75) is 103 Å². The molecule has 0 aliphatic heterocycles. The van der Waals surface area contributed by atoms with Crippen LogP contribution in [0.3, 0.4) is 0 Å². The molecule has 1 rings (SSSR count). The summed E-state index contributed by atoms with van der Waals surface area (Å²) in [7, 11) is 0. The second kappa shape index (κ2) is 14.6. The van der Waals surface area contributed by atoms with Gasteiger partial charge in [-0.2, -0.15) is 0 Å². The fourth-order valence-electron chi connectivity index (χ4n) is 2.95. The topological polar surface area (TPSA) is 0 Å². The highest BCUT2D eigenvalue weighted by atomic mass is 32.1. The average molecular weight is 309 g/mol. The standard InChI is InChI=1S/C20H36S/c1-2-3-4-5-6-7-8-9-10-11-12-13-14-15-17-20-18-16-19-21-20/h16,18-19H,2-15,17H2,1H3. The molecule has 122 valence electrons. The molecule has 1 aromatic rings. The third-order valence-electron chi connectivity index (χ3n) is 4.36. The molecule has 0 aliphatic carbocycles. The first kappa shape index (κ1) is 18.7. The second-order valence-corrected chi connectivity index (χ2v) is 7.46. The summed E-state index contributed by atoms with van der Waals surface area (Å²) in [4.78, 5) is 1.56. The van der Waals surface area contributed by atoms with E-state index < -0.39 is 0 Å². The maximum absolute atomic E-state index is 2.29. The highest BCUT2D eigenvalue weighted by Crippen LogP contribution is 2.15. The summed E-state index contributed by atoms with van der Waals surface area (Å²) >= 11 is 1.91. The normalized spacial score (nSPS) is 11.1. The summed E-state index contributed by atoms with van der Waals surface area (Å²) in [6.45, 7) is 2.29. The van der Waals surface area contributed by atoms with Gasteiger partial charge in [0, 0.05) is 4.88 Å². The molecule has 0 N–H and O–H groups in total. The summed E-state index contributed by atoms with van der Waals surface area (Å²) in [5.74, 6) is 0. The van der Waals surface area contributed by atoms with Gasteiger partial charge in [-0.25, -0.2) is 0 Å². The van der Waals surface area contributed by atoms with Gasteiger partial charge in [-0.15, -0.1) is 11.3 Å². The van der Waals surface area contributed by atoms with Crippen LogP contribution in [0, 0.1) is 0 Å². The predicted octanol–water partition coefficient (Wildman–Crippen LogP) is 7.77. The van der Waals surface area contributed by atoms with E-state index in [0.29, 0.717) is 0 Å². The predicted molar refractivity (Wildman–Crippen MR) is 98.3 cm³/mol. The van der Waals surface area contributed by atoms with Crippen LogP contribution in [0.2, 0.25) is 0 Å². The molecule has 0 radical (unpaired) electrons. The lowest BCUT2D eigenvalue weighted by Gasteiger charge is -2.03. The molecule has 0 fully saturated rings. The van der Waals surface area contributed by atoms with Gasteiger partial charge in [-0.3, -0.25) is 0 Å². The lowest BCUT2D eigenvalue weighted by atomic mass is 10.0. The molecule has 1 aromatic heterocycles. The Hall–Kier alpha value is -0.300. The minimum Gasteiger partial charge on any atom is -0.149 e. The van der Waals surface area contributed by atoms with Gasteiger partial charge in [0.25, 0.3) is 0 Å². The van der Waals surface area contributed by atoms with Crippen LogP contribution in [-0.4, -0.2) is 0 Å². The monoisotopic (exact) mass is 308 g/mol. The largest absolute Gasteiger partial charge is 0.149 e. The fraction of sp³-hybridized carbons (Fsp3) is 0.800. The Morgan fingerprint density at radius 3 is 1.57 bits per heavy atom. The zero-order valence-corrected chi connectivity index (χ0v) is 15.1. The molecule has 1 heteroatoms. The number of hydrogen-bond donors (Lipinski definition) is 0. The summed E-state index contributed by atoms with van der Waals surface area (Å²) in [6, 6.07) is 4.44. The quantitative estimate of drug-likeness (QED) is 0.290. The van der Waals surface area contributed by atoms with E-state index in [1.54, 1.807) is 4.88 Å². The molecule has 0 saturated carbocycles. The van der Waals surface area contributed by atoms with Crippen LogP contribution in [-0.2, 0) is 6.42 Å². The molecule has 0 saturated heterocycles. The van der Waals surface area contributed by atoms with Gasteiger partial charge < -0.3 is 0 Å². The SMILES string of the molecule is CCCCCCCCCCCCCCCCc1cccs1. The van der Waals surface area contributed by atoms with Crippen LogP contribution in [0.4, 0.5) is 0 Å². The van der Waals surface area contributed by atoms with Crippen LogP contribution < -0.4 is 0 Å². The van der Waals surface area contributed by atoms with Crippen LogP contribution in [0.15, 0.2) is 17.5 Å². The lowest BCUT2D eigenvalue weighted by Crippen LogP contribution is -1.84. The van der Waals surface area contributed by atoms with E-state index >= 15 is 0 Å². The Labute approximate surface area is 137 Å². The van der Waals surface area contributed by atoms with Gasteiger partial charge in [-0.1, -0.05) is 96.5 Å². The molecule has 0 atom stereocenters. The van der Waals surface area contributed by atoms with Crippen molar-refractivity contribution in [3.8, 4) is 0 Å². The third-order valence-corrected chi connectivity index (χ3v) is 5.29. The van der Waals surface area contributed by atoms with E-state index in [2.05, 4.69) is 24.4 Å². The molecular formula is C20H36S. The molecular weight excluding hydrogens is 272 g/mol. The number of rotatable bonds is 15. The minimum absolute atomic E-state index is 1.30. The summed E-state index contributed by atoms with van der Waals surface area (Å²) in [6.07, 6.45) is 21.6. The van der Waals surface area contributed by atoms with Crippen molar-refractivity contribution in [1.82, 2.24) is 0 Å². The third kappa shape index (κ3) is 12.0. The van der Waals surface area contributed by atoms with Crippen molar-refractivity contribution < 1.29 is 0 Å². The molecule has 0 spiro atoms. The Morgan fingerprint density at radius 1 is 0.667 bits per heavy atom. The highest BCUT2D eigenvalue weighted by molar-refractivity contribution is 7.09. The number of hydrogen-bond acceptors (Lipinski definition) is 1. The molecule has 0 amide bonds. The van der Waals surface area contributed by atoms with Crippen molar-refractivity contribution >= 4 is 11.3 Å². The number of unbranched alkanes of at least 4 members (excludes halogenated alkanes) is 13. The summed E-state index contributed by atoms with van der Waals surface area (Å²) in [5, 5.41) is 2.19. The Balaban J connectivity index is 1.69. The lowest BCUT2D eigenvalue weighted by molar-refractivity contribution is 0.536. The highest BCUT2D eigenvalue weighted by Gasteiger charge is 1.95. The van der Waals surface area contributed by atoms with Crippen LogP contribution in [0.25, 0.3) is 0 Å². The Kier molecular flexibility index (Phi) is 13.1. The smallest absolute Gasteiger partial charge is 0.00452 e. The van der Waals surface area contributed by atoms with E-state index in [-0.39, 0.29) is 0 Å². The average Bonchev–Trinajstić information content (AvgIpc) is 3.01. The summed E-state index contributed by atoms with van der Waals surface area (Å²) in [5.41, 5.74) is 0. The summed E-state index contributed by atoms with van der Waals surface area (Å²) < 4.78 is 0. The minimum atomic E-state index is 1.30. The van der Waals surface area contributed by atoms with Crippen LogP contribution in [0.5, 0.6) is 0 Å². The first-order valence-corrected chi connectivity index (χ1v) is 10.3. The Bertz CT molecular complexity index is 289. The van der Waals surface area contributed by atoms with E-state index in [1.165, 1.54) is 96.3 Å². The molecule has 0 bridgehead atoms. The maximum atomic E-state index is 2.29. The van der Waals surface area contributed by atoms with Crippen molar-refractivity contribution in [2.24, 2.45) is 0 Å². The van der Waals surface area contributed by atoms with Crippen LogP contribution in [0.1, 0.15) is 102 Å². The molecule has 0 nitrogen and oxygen atoms in total. The molecule has 0 aromatic carbocycles. The van der Waals surface area contributed by atoms with E-state index in [1.807, 2.05) is 11.3 Å². The van der Waals surface area contributed by atoms with Crippen molar-refractivity contribution in [3.05, 3.63) is 22.4 Å². The van der Waals surface area contributed by atoms with Crippen LogP contribution >= 0.6 is 11.3 Å². The van der Waals surface area contributed by atoms with Gasteiger partial charge in [0.2, 0.25) is 0 Å². The number of aryl methyl sites for hydroxylation is 1. The second-order valence-electron chi connectivity index (χ2n) is 6.43. The van der Waals surface area contributed by atoms with Gasteiger partial charge >= 0.3 is 0 Å². The fourth-order valence-corrected chi connectivity index (χ4v) is 3.70. The molecule has 0 unspecified atom stereocenters. The van der Waals surface area contributed by atoms with Crippen molar-refractivity contribution in [1.29, 1.82) is 0 Å². The van der Waals surface area contributed by atoms with Gasteiger partial charge in [0.05, 0.1) is 0 Å². The van der Waals surface area contributed by atoms with E-state index in [9.17, 15) is 0 Å². The zero-order chi connectivity index (χ0) is 15.0. The molecule has 21 heavy (non-hydrogen) atoms. The van der Waals surface area contributed by atoms with Gasteiger partial charge in [0.1, 0.15) is 0 Å². The van der Waals surface area contributed by atoms with Gasteiger partial charge in [0.15, 0.2) is 0 Å². The molecule has 1 heterocycles. The van der Waals surface area contributed by atoms with E-state index in [4.69, 9.17) is 0 Å². The Morgan fingerprint density at radius 2 is 1.14 bits per heavy atom. The first-order chi connectivity index (χ1) is 10.4.